The molecule has 4 atom stereocenters. The fourth-order valence-electron chi connectivity index (χ4n) is 1.37. The molecule has 0 bridgehead atoms. The maximum Gasteiger partial charge on any atom is 0.107 e. The van der Waals surface area contributed by atoms with Crippen LogP contribution in [-0.2, 0) is 4.74 Å². The van der Waals surface area contributed by atoms with E-state index in [1.54, 1.807) is 6.92 Å². The van der Waals surface area contributed by atoms with Gasteiger partial charge < -0.3 is 25.8 Å². The molecule has 0 saturated carbocycles. The van der Waals surface area contributed by atoms with Gasteiger partial charge in [0.05, 0.1) is 31.5 Å². The highest BCUT2D eigenvalue weighted by atomic mass is 16.5. The Morgan fingerprint density at radius 2 is 1.67 bits per heavy atom. The number of hydrogen-bond donors (Lipinski definition) is 4. The lowest BCUT2D eigenvalue weighted by Crippen LogP contribution is -2.47. The van der Waals surface area contributed by atoms with E-state index < -0.39 is 18.2 Å². The largest absolute Gasteiger partial charge is 0.395 e. The van der Waals surface area contributed by atoms with Gasteiger partial charge in [0.15, 0.2) is 0 Å². The molecule has 0 aromatic heterocycles. The molecule has 5 heteroatoms. The van der Waals surface area contributed by atoms with Gasteiger partial charge in [0, 0.05) is 0 Å². The van der Waals surface area contributed by atoms with Gasteiger partial charge in [-0.15, -0.1) is 0 Å². The summed E-state index contributed by atoms with van der Waals surface area (Å²) in [6, 6.07) is -0.502. The van der Waals surface area contributed by atoms with Gasteiger partial charge >= 0.3 is 0 Å². The van der Waals surface area contributed by atoms with Crippen LogP contribution in [0.5, 0.6) is 0 Å². The van der Waals surface area contributed by atoms with Gasteiger partial charge in [-0.25, -0.2) is 0 Å². The Hall–Kier alpha value is -0.200. The van der Waals surface area contributed by atoms with Crippen molar-refractivity contribution in [2.24, 2.45) is 11.7 Å². The number of aliphatic hydroxyl groups excluding tert-OH is 3. The molecule has 0 rings (SSSR count). The van der Waals surface area contributed by atoms with Crippen molar-refractivity contribution >= 4 is 0 Å². The number of aliphatic hydroxyl groups is 3. The predicted octanol–water partition coefficient (Wildman–Crippen LogP) is -0.911. The zero-order valence-corrected chi connectivity index (χ0v) is 9.63. The molecule has 92 valence electrons. The van der Waals surface area contributed by atoms with E-state index in [2.05, 4.69) is 0 Å². The number of hydrogen-bond acceptors (Lipinski definition) is 5. The normalized spacial score (nSPS) is 20.0. The molecule has 5 nitrogen and oxygen atoms in total. The Bertz CT molecular complexity index is 164. The number of rotatable bonds is 7. The Morgan fingerprint density at radius 3 is 1.93 bits per heavy atom. The smallest absolute Gasteiger partial charge is 0.107 e. The lowest BCUT2D eigenvalue weighted by molar-refractivity contribution is -0.116. The molecule has 0 aromatic carbocycles. The molecule has 0 spiro atoms. The monoisotopic (exact) mass is 221 g/mol. The quantitative estimate of drug-likeness (QED) is 0.446. The second-order valence-corrected chi connectivity index (χ2v) is 4.15. The van der Waals surface area contributed by atoms with Crippen molar-refractivity contribution in [1.29, 1.82) is 0 Å². The first-order valence-electron chi connectivity index (χ1n) is 5.24. The van der Waals surface area contributed by atoms with E-state index in [-0.39, 0.29) is 25.2 Å². The minimum Gasteiger partial charge on any atom is -0.395 e. The van der Waals surface area contributed by atoms with Crippen LogP contribution in [0.2, 0.25) is 0 Å². The summed E-state index contributed by atoms with van der Waals surface area (Å²) in [4.78, 5) is 0. The Morgan fingerprint density at radius 1 is 1.13 bits per heavy atom. The Balaban J connectivity index is 4.38. The zero-order valence-electron chi connectivity index (χ0n) is 9.63. The molecule has 0 amide bonds. The summed E-state index contributed by atoms with van der Waals surface area (Å²) >= 11 is 0. The lowest BCUT2D eigenvalue weighted by atomic mass is 10.00. The van der Waals surface area contributed by atoms with Gasteiger partial charge in [0.25, 0.3) is 0 Å². The lowest BCUT2D eigenvalue weighted by Gasteiger charge is -2.31. The first-order chi connectivity index (χ1) is 6.93. The van der Waals surface area contributed by atoms with E-state index in [0.29, 0.717) is 0 Å². The molecule has 0 aliphatic heterocycles. The molecule has 0 radical (unpaired) electrons. The molecule has 0 heterocycles. The van der Waals surface area contributed by atoms with Crippen molar-refractivity contribution < 1.29 is 20.1 Å². The van der Waals surface area contributed by atoms with E-state index >= 15 is 0 Å². The van der Waals surface area contributed by atoms with E-state index in [1.807, 2.05) is 13.8 Å². The predicted molar refractivity (Wildman–Crippen MR) is 57.3 cm³/mol. The summed E-state index contributed by atoms with van der Waals surface area (Å²) in [6.45, 7) is 4.93. The third-order valence-corrected chi connectivity index (χ3v) is 2.34. The first kappa shape index (κ1) is 14.8. The highest BCUT2D eigenvalue weighted by molar-refractivity contribution is 4.78. The molecule has 0 aliphatic carbocycles. The van der Waals surface area contributed by atoms with Crippen LogP contribution in [0.3, 0.4) is 0 Å². The van der Waals surface area contributed by atoms with E-state index in [0.717, 1.165) is 0 Å². The third-order valence-electron chi connectivity index (χ3n) is 2.34. The van der Waals surface area contributed by atoms with E-state index in [4.69, 9.17) is 20.7 Å². The molecule has 15 heavy (non-hydrogen) atoms. The molecule has 5 N–H and O–H groups in total. The van der Waals surface area contributed by atoms with Gasteiger partial charge in [-0.3, -0.25) is 0 Å². The molecular weight excluding hydrogens is 198 g/mol. The molecule has 0 saturated heterocycles. The minimum absolute atomic E-state index is 0.111. The average molecular weight is 221 g/mol. The molecule has 2 unspecified atom stereocenters. The summed E-state index contributed by atoms with van der Waals surface area (Å²) < 4.78 is 5.49. The topological polar surface area (TPSA) is 95.9 Å². The van der Waals surface area contributed by atoms with Crippen molar-refractivity contribution in [2.75, 3.05) is 13.2 Å². The van der Waals surface area contributed by atoms with Crippen LogP contribution in [-0.4, -0.2) is 52.9 Å². The van der Waals surface area contributed by atoms with Crippen molar-refractivity contribution in [3.8, 4) is 0 Å². The van der Waals surface area contributed by atoms with E-state index in [1.165, 1.54) is 0 Å². The zero-order chi connectivity index (χ0) is 12.0. The van der Waals surface area contributed by atoms with Gasteiger partial charge in [-0.1, -0.05) is 13.8 Å². The SMILES string of the molecule is CC(C)C(OC(CO)[C@H](C)O)[C@@H](N)CO. The standard InChI is InChI=1S/C10H23NO4/c1-6(2)10(8(11)4-12)15-9(5-13)7(3)14/h6-10,12-14H,4-5,11H2,1-3H3/t7-,8-,9?,10?/m0/s1. The van der Waals surface area contributed by atoms with Gasteiger partial charge in [0.2, 0.25) is 0 Å². The van der Waals surface area contributed by atoms with Crippen molar-refractivity contribution in [3.63, 3.8) is 0 Å². The molecule has 0 fully saturated rings. The third kappa shape index (κ3) is 4.90. The van der Waals surface area contributed by atoms with E-state index in [9.17, 15) is 5.11 Å². The van der Waals surface area contributed by atoms with Crippen molar-refractivity contribution in [2.45, 2.75) is 45.1 Å². The summed E-state index contributed by atoms with van der Waals surface area (Å²) in [5, 5.41) is 27.3. The second kappa shape index (κ2) is 7.14. The molecule has 0 aromatic rings. The van der Waals surface area contributed by atoms with Crippen LogP contribution in [0, 0.1) is 5.92 Å². The first-order valence-corrected chi connectivity index (χ1v) is 5.24. The maximum absolute atomic E-state index is 9.31. The summed E-state index contributed by atoms with van der Waals surface area (Å²) in [5.74, 6) is 0.111. The van der Waals surface area contributed by atoms with Crippen LogP contribution in [0.25, 0.3) is 0 Å². The summed E-state index contributed by atoms with van der Waals surface area (Å²) in [6.07, 6.45) is -1.79. The van der Waals surface area contributed by atoms with Gasteiger partial charge in [-0.05, 0) is 12.8 Å². The van der Waals surface area contributed by atoms with Gasteiger partial charge in [0.1, 0.15) is 6.10 Å². The van der Waals surface area contributed by atoms with Crippen LogP contribution in [0.1, 0.15) is 20.8 Å². The summed E-state index contributed by atoms with van der Waals surface area (Å²) in [7, 11) is 0. The number of ether oxygens (including phenoxy) is 1. The Labute approximate surface area is 90.9 Å². The van der Waals surface area contributed by atoms with Crippen molar-refractivity contribution in [1.82, 2.24) is 0 Å². The highest BCUT2D eigenvalue weighted by Gasteiger charge is 2.27. The Kier molecular flexibility index (Phi) is 7.04. The second-order valence-electron chi connectivity index (χ2n) is 4.15. The van der Waals surface area contributed by atoms with Crippen molar-refractivity contribution in [3.05, 3.63) is 0 Å². The van der Waals surface area contributed by atoms with Crippen LogP contribution < -0.4 is 5.73 Å². The maximum atomic E-state index is 9.31. The minimum atomic E-state index is -0.762. The molecular formula is C10H23NO4. The fraction of sp³-hybridized carbons (Fsp3) is 1.00. The number of nitrogens with two attached hydrogens (primary N) is 1. The fourth-order valence-corrected chi connectivity index (χ4v) is 1.37. The van der Waals surface area contributed by atoms with Crippen LogP contribution >= 0.6 is 0 Å². The summed E-state index contributed by atoms with van der Waals surface area (Å²) in [5.41, 5.74) is 5.68. The molecule has 0 aliphatic rings. The van der Waals surface area contributed by atoms with Gasteiger partial charge in [-0.2, -0.15) is 0 Å². The average Bonchev–Trinajstić information content (AvgIpc) is 2.17. The van der Waals surface area contributed by atoms with Crippen LogP contribution in [0.4, 0.5) is 0 Å². The highest BCUT2D eigenvalue weighted by Crippen LogP contribution is 2.14. The van der Waals surface area contributed by atoms with Crippen LogP contribution in [0.15, 0.2) is 0 Å².